The van der Waals surface area contributed by atoms with E-state index >= 15 is 0 Å². The summed E-state index contributed by atoms with van der Waals surface area (Å²) in [6, 6.07) is 2.57. The van der Waals surface area contributed by atoms with Gasteiger partial charge in [0.15, 0.2) is 11.6 Å². The maximum absolute atomic E-state index is 14.1. The van der Waals surface area contributed by atoms with E-state index in [0.717, 1.165) is 6.07 Å². The molecule has 0 aromatic heterocycles. The second kappa shape index (κ2) is 8.49. The maximum Gasteiger partial charge on any atom is 0.573 e. The van der Waals surface area contributed by atoms with E-state index in [4.69, 9.17) is 10.5 Å². The fourth-order valence-electron chi connectivity index (χ4n) is 2.31. The summed E-state index contributed by atoms with van der Waals surface area (Å²) in [5, 5.41) is 0. The molecule has 0 amide bonds. The van der Waals surface area contributed by atoms with Crippen LogP contribution in [0.5, 0.6) is 5.75 Å². The first-order chi connectivity index (χ1) is 10.6. The normalized spacial score (nSPS) is 13.4. The summed E-state index contributed by atoms with van der Waals surface area (Å²) in [7, 11) is 1.55. The minimum atomic E-state index is -4.92. The number of rotatable bonds is 8. The molecular weight excluding hydrogens is 314 g/mol. The van der Waals surface area contributed by atoms with Crippen LogP contribution in [-0.4, -0.2) is 26.1 Å². The van der Waals surface area contributed by atoms with Gasteiger partial charge in [0.1, 0.15) is 0 Å². The number of benzene rings is 1. The monoisotopic (exact) mass is 337 g/mol. The van der Waals surface area contributed by atoms with Crippen molar-refractivity contribution >= 4 is 0 Å². The SMILES string of the molecule is COCC(N)CCCc1cc(OC(F)(F)F)c(F)c(C(C)C)c1. The fraction of sp³-hybridized carbons (Fsp3) is 0.625. The number of alkyl halides is 3. The molecule has 0 radical (unpaired) electrons. The van der Waals surface area contributed by atoms with Crippen molar-refractivity contribution in [2.75, 3.05) is 13.7 Å². The number of halogens is 4. The van der Waals surface area contributed by atoms with Gasteiger partial charge in [-0.25, -0.2) is 4.39 Å². The molecular formula is C16H23F4NO2. The molecule has 1 aromatic carbocycles. The zero-order valence-corrected chi connectivity index (χ0v) is 13.5. The molecule has 0 saturated heterocycles. The molecule has 0 aliphatic carbocycles. The van der Waals surface area contributed by atoms with Gasteiger partial charge in [-0.1, -0.05) is 19.9 Å². The zero-order valence-electron chi connectivity index (χ0n) is 13.5. The van der Waals surface area contributed by atoms with Crippen LogP contribution in [-0.2, 0) is 11.2 Å². The highest BCUT2D eigenvalue weighted by atomic mass is 19.4. The first kappa shape index (κ1) is 19.7. The van der Waals surface area contributed by atoms with Gasteiger partial charge in [0.25, 0.3) is 0 Å². The number of hydrogen-bond acceptors (Lipinski definition) is 3. The van der Waals surface area contributed by atoms with Crippen molar-refractivity contribution in [3.63, 3.8) is 0 Å². The van der Waals surface area contributed by atoms with Crippen LogP contribution in [0, 0.1) is 5.82 Å². The van der Waals surface area contributed by atoms with Crippen LogP contribution in [0.4, 0.5) is 17.6 Å². The van der Waals surface area contributed by atoms with Crippen molar-refractivity contribution < 1.29 is 27.0 Å². The molecule has 0 aliphatic rings. The molecule has 0 aliphatic heterocycles. The summed E-state index contributed by atoms with van der Waals surface area (Å²) < 4.78 is 60.1. The van der Waals surface area contributed by atoms with Crippen molar-refractivity contribution in [2.45, 2.75) is 51.4 Å². The highest BCUT2D eigenvalue weighted by Crippen LogP contribution is 2.32. The Bertz CT molecular complexity index is 504. The average molecular weight is 337 g/mol. The fourth-order valence-corrected chi connectivity index (χ4v) is 2.31. The Labute approximate surface area is 133 Å². The lowest BCUT2D eigenvalue weighted by Gasteiger charge is -2.16. The molecule has 0 spiro atoms. The van der Waals surface area contributed by atoms with E-state index in [9.17, 15) is 17.6 Å². The van der Waals surface area contributed by atoms with Gasteiger partial charge < -0.3 is 15.2 Å². The van der Waals surface area contributed by atoms with Crippen molar-refractivity contribution in [1.29, 1.82) is 0 Å². The summed E-state index contributed by atoms with van der Waals surface area (Å²) in [4.78, 5) is 0. The number of nitrogens with two attached hydrogens (primary N) is 1. The molecule has 23 heavy (non-hydrogen) atoms. The third-order valence-corrected chi connectivity index (χ3v) is 3.40. The van der Waals surface area contributed by atoms with Crippen LogP contribution >= 0.6 is 0 Å². The summed E-state index contributed by atoms with van der Waals surface area (Å²) in [6.07, 6.45) is -3.10. The Kier molecular flexibility index (Phi) is 7.28. The summed E-state index contributed by atoms with van der Waals surface area (Å²) in [6.45, 7) is 3.85. The van der Waals surface area contributed by atoms with E-state index in [1.54, 1.807) is 27.0 Å². The predicted octanol–water partition coefficient (Wildman–Crippen LogP) is 4.14. The first-order valence-electron chi connectivity index (χ1n) is 7.46. The first-order valence-corrected chi connectivity index (χ1v) is 7.46. The molecule has 1 aromatic rings. The van der Waals surface area contributed by atoms with Gasteiger partial charge in [-0.3, -0.25) is 0 Å². The van der Waals surface area contributed by atoms with Crippen molar-refractivity contribution in [3.8, 4) is 5.75 Å². The van der Waals surface area contributed by atoms with Gasteiger partial charge in [0.2, 0.25) is 0 Å². The van der Waals surface area contributed by atoms with E-state index in [0.29, 0.717) is 31.4 Å². The van der Waals surface area contributed by atoms with Crippen LogP contribution in [0.1, 0.15) is 43.7 Å². The predicted molar refractivity (Wildman–Crippen MR) is 80.0 cm³/mol. The molecule has 1 atom stereocenters. The molecule has 132 valence electrons. The lowest BCUT2D eigenvalue weighted by atomic mass is 9.96. The van der Waals surface area contributed by atoms with Gasteiger partial charge in [-0.15, -0.1) is 13.2 Å². The van der Waals surface area contributed by atoms with Crippen LogP contribution in [0.3, 0.4) is 0 Å². The average Bonchev–Trinajstić information content (AvgIpc) is 2.40. The van der Waals surface area contributed by atoms with Crippen molar-refractivity contribution in [3.05, 3.63) is 29.1 Å². The van der Waals surface area contributed by atoms with Crippen LogP contribution in [0.25, 0.3) is 0 Å². The summed E-state index contributed by atoms with van der Waals surface area (Å²) >= 11 is 0. The second-order valence-electron chi connectivity index (χ2n) is 5.81. The maximum atomic E-state index is 14.1. The van der Waals surface area contributed by atoms with Gasteiger partial charge in [-0.2, -0.15) is 0 Å². The third kappa shape index (κ3) is 6.74. The molecule has 0 fully saturated rings. The molecule has 1 rings (SSSR count). The Hall–Kier alpha value is -1.34. The molecule has 1 unspecified atom stereocenters. The van der Waals surface area contributed by atoms with Crippen LogP contribution < -0.4 is 10.5 Å². The molecule has 3 nitrogen and oxygen atoms in total. The van der Waals surface area contributed by atoms with Gasteiger partial charge >= 0.3 is 6.36 Å². The van der Waals surface area contributed by atoms with E-state index < -0.39 is 17.9 Å². The standard InChI is InChI=1S/C16H23F4NO2/c1-10(2)13-7-11(5-4-6-12(21)9-22-3)8-14(15(13)17)23-16(18,19)20/h7-8,10,12H,4-6,9,21H2,1-3H3. The zero-order chi connectivity index (χ0) is 17.6. The minimum Gasteiger partial charge on any atom is -0.403 e. The van der Waals surface area contributed by atoms with E-state index in [1.165, 1.54) is 0 Å². The second-order valence-corrected chi connectivity index (χ2v) is 5.81. The van der Waals surface area contributed by atoms with Crippen molar-refractivity contribution in [1.82, 2.24) is 0 Å². The number of methoxy groups -OCH3 is 1. The Morgan fingerprint density at radius 2 is 1.87 bits per heavy atom. The van der Waals surface area contributed by atoms with Gasteiger partial charge in [-0.05, 0) is 42.4 Å². The molecule has 0 saturated carbocycles. The minimum absolute atomic E-state index is 0.129. The highest BCUT2D eigenvalue weighted by Gasteiger charge is 2.33. The van der Waals surface area contributed by atoms with Crippen molar-refractivity contribution in [2.24, 2.45) is 5.73 Å². The van der Waals surface area contributed by atoms with E-state index in [2.05, 4.69) is 4.74 Å². The molecule has 0 bridgehead atoms. The number of ether oxygens (including phenoxy) is 2. The highest BCUT2D eigenvalue weighted by molar-refractivity contribution is 5.38. The van der Waals surface area contributed by atoms with Gasteiger partial charge in [0, 0.05) is 13.2 Å². The lowest BCUT2D eigenvalue weighted by Crippen LogP contribution is -2.25. The van der Waals surface area contributed by atoms with Crippen LogP contribution in [0.2, 0.25) is 0 Å². The molecule has 7 heteroatoms. The summed E-state index contributed by atoms with van der Waals surface area (Å²) in [5.41, 5.74) is 6.61. The van der Waals surface area contributed by atoms with Crippen LogP contribution in [0.15, 0.2) is 12.1 Å². The largest absolute Gasteiger partial charge is 0.573 e. The summed E-state index contributed by atoms with van der Waals surface area (Å²) in [5.74, 6) is -1.99. The lowest BCUT2D eigenvalue weighted by molar-refractivity contribution is -0.275. The van der Waals surface area contributed by atoms with Gasteiger partial charge in [0.05, 0.1) is 6.61 Å². The van der Waals surface area contributed by atoms with E-state index in [1.807, 2.05) is 0 Å². The Balaban J connectivity index is 2.90. The van der Waals surface area contributed by atoms with E-state index in [-0.39, 0.29) is 17.5 Å². The number of aryl methyl sites for hydroxylation is 1. The smallest absolute Gasteiger partial charge is 0.403 e. The Morgan fingerprint density at radius 1 is 1.22 bits per heavy atom. The quantitative estimate of drug-likeness (QED) is 0.725. The molecule has 0 heterocycles. The third-order valence-electron chi connectivity index (χ3n) is 3.40. The topological polar surface area (TPSA) is 44.5 Å². The Morgan fingerprint density at radius 3 is 2.39 bits per heavy atom. The molecule has 2 N–H and O–H groups in total. The number of hydrogen-bond donors (Lipinski definition) is 1.